The Bertz CT molecular complexity index is 440. The van der Waals surface area contributed by atoms with Gasteiger partial charge in [-0.2, -0.15) is 0 Å². The molecule has 2 fully saturated rings. The van der Waals surface area contributed by atoms with E-state index in [2.05, 4.69) is 37.9 Å². The van der Waals surface area contributed by atoms with Gasteiger partial charge in [0.2, 0.25) is 0 Å². The summed E-state index contributed by atoms with van der Waals surface area (Å²) in [6, 6.07) is 2.21. The Morgan fingerprint density at radius 3 is 2.75 bits per heavy atom. The SMILES string of the molecule is O=C1CC2CCC(c3cc(Br)sc3Br)CC12. The van der Waals surface area contributed by atoms with Crippen LogP contribution < -0.4 is 0 Å². The Kier molecular flexibility index (Phi) is 3.01. The van der Waals surface area contributed by atoms with E-state index in [9.17, 15) is 4.79 Å². The minimum atomic E-state index is 0.379. The molecular formula is C12H12Br2OS. The van der Waals surface area contributed by atoms with E-state index in [0.29, 0.717) is 23.5 Å². The quantitative estimate of drug-likeness (QED) is 0.703. The van der Waals surface area contributed by atoms with Crippen LogP contribution in [0.15, 0.2) is 13.6 Å². The minimum Gasteiger partial charge on any atom is -0.299 e. The summed E-state index contributed by atoms with van der Waals surface area (Å²) in [6.45, 7) is 0. The van der Waals surface area contributed by atoms with Crippen molar-refractivity contribution in [1.82, 2.24) is 0 Å². The predicted octanol–water partition coefficient (Wildman–Crippen LogP) is 4.75. The number of carbonyl (C=O) groups excluding carboxylic acids is 1. The monoisotopic (exact) mass is 362 g/mol. The van der Waals surface area contributed by atoms with Crippen LogP contribution in [0.1, 0.15) is 37.2 Å². The lowest BCUT2D eigenvalue weighted by molar-refractivity contribution is -0.136. The number of thiophene rings is 1. The van der Waals surface area contributed by atoms with Gasteiger partial charge in [-0.05, 0) is 74.6 Å². The van der Waals surface area contributed by atoms with Gasteiger partial charge in [-0.25, -0.2) is 0 Å². The molecule has 2 aliphatic carbocycles. The second-order valence-corrected chi connectivity index (χ2v) is 8.58. The third-order valence-electron chi connectivity index (χ3n) is 3.99. The number of carbonyl (C=O) groups is 1. The van der Waals surface area contributed by atoms with E-state index >= 15 is 0 Å². The predicted molar refractivity (Wildman–Crippen MR) is 72.9 cm³/mol. The van der Waals surface area contributed by atoms with Crippen LogP contribution >= 0.6 is 43.2 Å². The van der Waals surface area contributed by atoms with Crippen LogP contribution in [0.4, 0.5) is 0 Å². The highest BCUT2D eigenvalue weighted by Gasteiger charge is 2.44. The Morgan fingerprint density at radius 2 is 2.12 bits per heavy atom. The molecule has 2 saturated carbocycles. The summed E-state index contributed by atoms with van der Waals surface area (Å²) in [5.41, 5.74) is 1.40. The van der Waals surface area contributed by atoms with Crippen LogP contribution in [0, 0.1) is 11.8 Å². The van der Waals surface area contributed by atoms with Gasteiger partial charge in [-0.3, -0.25) is 4.79 Å². The average molecular weight is 364 g/mol. The number of fused-ring (bicyclic) bond motifs is 1. The van der Waals surface area contributed by atoms with Crippen LogP contribution in [-0.2, 0) is 4.79 Å². The zero-order chi connectivity index (χ0) is 11.3. The number of rotatable bonds is 1. The smallest absolute Gasteiger partial charge is 0.136 e. The molecule has 3 unspecified atom stereocenters. The molecule has 1 aromatic rings. The van der Waals surface area contributed by atoms with Crippen molar-refractivity contribution >= 4 is 49.0 Å². The second-order valence-electron chi connectivity index (χ2n) is 4.83. The Morgan fingerprint density at radius 1 is 1.31 bits per heavy atom. The van der Waals surface area contributed by atoms with E-state index in [1.165, 1.54) is 26.0 Å². The van der Waals surface area contributed by atoms with Crippen LogP contribution in [0.25, 0.3) is 0 Å². The summed E-state index contributed by atoms with van der Waals surface area (Å²) in [7, 11) is 0. The zero-order valence-corrected chi connectivity index (χ0v) is 12.7. The van der Waals surface area contributed by atoms with Gasteiger partial charge in [0.1, 0.15) is 5.78 Å². The summed E-state index contributed by atoms with van der Waals surface area (Å²) < 4.78 is 2.41. The summed E-state index contributed by atoms with van der Waals surface area (Å²) in [5, 5.41) is 0. The Labute approximate surface area is 116 Å². The highest BCUT2D eigenvalue weighted by atomic mass is 79.9. The maximum atomic E-state index is 11.5. The van der Waals surface area contributed by atoms with Gasteiger partial charge in [0.15, 0.2) is 0 Å². The molecule has 4 heteroatoms. The number of halogens is 2. The minimum absolute atomic E-state index is 0.379. The molecule has 16 heavy (non-hydrogen) atoms. The van der Waals surface area contributed by atoms with Gasteiger partial charge < -0.3 is 0 Å². The molecule has 0 spiro atoms. The van der Waals surface area contributed by atoms with E-state index in [4.69, 9.17) is 0 Å². The van der Waals surface area contributed by atoms with E-state index in [1.807, 2.05) is 0 Å². The molecule has 0 N–H and O–H groups in total. The number of hydrogen-bond donors (Lipinski definition) is 0. The third-order valence-corrected chi connectivity index (χ3v) is 6.38. The van der Waals surface area contributed by atoms with Crippen molar-refractivity contribution in [3.05, 3.63) is 19.2 Å². The van der Waals surface area contributed by atoms with Crippen LogP contribution in [0.5, 0.6) is 0 Å². The lowest BCUT2D eigenvalue weighted by Crippen LogP contribution is -2.41. The molecular weight excluding hydrogens is 352 g/mol. The van der Waals surface area contributed by atoms with Crippen LogP contribution in [0.3, 0.4) is 0 Å². The van der Waals surface area contributed by atoms with Crippen molar-refractivity contribution in [3.8, 4) is 0 Å². The van der Waals surface area contributed by atoms with Gasteiger partial charge in [0.25, 0.3) is 0 Å². The zero-order valence-electron chi connectivity index (χ0n) is 8.71. The Balaban J connectivity index is 1.81. The van der Waals surface area contributed by atoms with Crippen molar-refractivity contribution in [2.75, 3.05) is 0 Å². The molecule has 86 valence electrons. The fraction of sp³-hybridized carbons (Fsp3) is 0.583. The largest absolute Gasteiger partial charge is 0.299 e. The van der Waals surface area contributed by atoms with Gasteiger partial charge in [0, 0.05) is 12.3 Å². The highest BCUT2D eigenvalue weighted by molar-refractivity contribution is 9.12. The summed E-state index contributed by atoms with van der Waals surface area (Å²) in [4.78, 5) is 11.5. The normalized spacial score (nSPS) is 33.4. The summed E-state index contributed by atoms with van der Waals surface area (Å²) in [5.74, 6) is 2.18. The molecule has 0 saturated heterocycles. The maximum absolute atomic E-state index is 11.5. The van der Waals surface area contributed by atoms with Gasteiger partial charge in [-0.15, -0.1) is 11.3 Å². The average Bonchev–Trinajstić information content (AvgIpc) is 2.57. The van der Waals surface area contributed by atoms with Crippen molar-refractivity contribution in [3.63, 3.8) is 0 Å². The van der Waals surface area contributed by atoms with Crippen LogP contribution in [0.2, 0.25) is 0 Å². The molecule has 0 radical (unpaired) electrons. The first-order valence-electron chi connectivity index (χ1n) is 5.62. The standard InChI is InChI=1S/C12H12Br2OS/c13-11-5-9(12(14)16-11)6-1-2-7-4-10(15)8(7)3-6/h5-8H,1-4H2. The van der Waals surface area contributed by atoms with E-state index < -0.39 is 0 Å². The van der Waals surface area contributed by atoms with Gasteiger partial charge >= 0.3 is 0 Å². The number of Topliss-reactive ketones (excluding diaryl/α,β-unsaturated/α-hetero) is 1. The molecule has 0 aromatic carbocycles. The number of ketones is 1. The lowest BCUT2D eigenvalue weighted by Gasteiger charge is -2.42. The molecule has 0 aliphatic heterocycles. The molecule has 3 atom stereocenters. The lowest BCUT2D eigenvalue weighted by atomic mass is 9.61. The first kappa shape index (κ1) is 11.4. The number of hydrogen-bond acceptors (Lipinski definition) is 2. The molecule has 0 amide bonds. The second kappa shape index (κ2) is 4.21. The Hall–Kier alpha value is 0.330. The molecule has 3 rings (SSSR count). The van der Waals surface area contributed by atoms with Crippen molar-refractivity contribution in [2.24, 2.45) is 11.8 Å². The van der Waals surface area contributed by atoms with Gasteiger partial charge in [-0.1, -0.05) is 0 Å². The summed E-state index contributed by atoms with van der Waals surface area (Å²) >= 11 is 8.88. The van der Waals surface area contributed by atoms with E-state index in [1.54, 1.807) is 11.3 Å². The molecule has 1 aromatic heterocycles. The first-order chi connectivity index (χ1) is 7.65. The maximum Gasteiger partial charge on any atom is 0.136 e. The van der Waals surface area contributed by atoms with Crippen molar-refractivity contribution in [1.29, 1.82) is 0 Å². The third kappa shape index (κ3) is 1.83. The fourth-order valence-corrected chi connectivity index (χ4v) is 6.08. The molecule has 1 nitrogen and oxygen atoms in total. The van der Waals surface area contributed by atoms with E-state index in [0.717, 1.165) is 12.8 Å². The van der Waals surface area contributed by atoms with Crippen LogP contribution in [-0.4, -0.2) is 5.78 Å². The summed E-state index contributed by atoms with van der Waals surface area (Å²) in [6.07, 6.45) is 4.41. The molecule has 0 bridgehead atoms. The van der Waals surface area contributed by atoms with Crippen molar-refractivity contribution < 1.29 is 4.79 Å². The highest BCUT2D eigenvalue weighted by Crippen LogP contribution is 2.50. The van der Waals surface area contributed by atoms with Crippen molar-refractivity contribution in [2.45, 2.75) is 31.6 Å². The van der Waals surface area contributed by atoms with Gasteiger partial charge in [0.05, 0.1) is 7.57 Å². The fourth-order valence-electron chi connectivity index (χ4n) is 3.04. The molecule has 1 heterocycles. The first-order valence-corrected chi connectivity index (χ1v) is 8.03. The molecule has 2 aliphatic rings. The topological polar surface area (TPSA) is 17.1 Å². The van der Waals surface area contributed by atoms with E-state index in [-0.39, 0.29) is 0 Å².